The molecule has 1 aliphatic heterocycles. The molecule has 5 atom stereocenters. The zero-order chi connectivity index (χ0) is 22.2. The van der Waals surface area contributed by atoms with Crippen molar-refractivity contribution >= 4 is 23.6 Å². The molecule has 1 saturated carbocycles. The molecular weight excluding hydrogens is 406 g/mol. The van der Waals surface area contributed by atoms with Crippen LogP contribution in [-0.4, -0.2) is 41.1 Å². The minimum absolute atomic E-state index is 0.0551. The summed E-state index contributed by atoms with van der Waals surface area (Å²) in [6, 6.07) is 16.7. The second-order valence-corrected chi connectivity index (χ2v) is 8.65. The van der Waals surface area contributed by atoms with Gasteiger partial charge in [0, 0.05) is 12.0 Å². The van der Waals surface area contributed by atoms with Crippen LogP contribution in [0.3, 0.4) is 0 Å². The van der Waals surface area contributed by atoms with Crippen LogP contribution < -0.4 is 0 Å². The van der Waals surface area contributed by atoms with Gasteiger partial charge in [0.25, 0.3) is 0 Å². The van der Waals surface area contributed by atoms with E-state index in [0.717, 1.165) is 16.9 Å². The lowest BCUT2D eigenvalue weighted by molar-refractivity contribution is -0.158. The number of nitrogens with zero attached hydrogens (tertiary/aromatic N) is 1. The van der Waals surface area contributed by atoms with E-state index in [2.05, 4.69) is 0 Å². The van der Waals surface area contributed by atoms with Crippen molar-refractivity contribution in [1.29, 1.82) is 0 Å². The summed E-state index contributed by atoms with van der Waals surface area (Å²) in [5.74, 6) is -2.35. The van der Waals surface area contributed by atoms with Crippen molar-refractivity contribution in [2.45, 2.75) is 18.9 Å². The van der Waals surface area contributed by atoms with Crippen molar-refractivity contribution in [3.05, 3.63) is 83.9 Å². The number of rotatable bonds is 7. The molecule has 32 heavy (non-hydrogen) atoms. The van der Waals surface area contributed by atoms with Crippen LogP contribution >= 0.6 is 0 Å². The van der Waals surface area contributed by atoms with Crippen molar-refractivity contribution in [2.24, 2.45) is 23.7 Å². The van der Waals surface area contributed by atoms with E-state index in [9.17, 15) is 19.2 Å². The van der Waals surface area contributed by atoms with Crippen LogP contribution in [0.1, 0.15) is 22.3 Å². The van der Waals surface area contributed by atoms with Crippen molar-refractivity contribution in [3.63, 3.8) is 0 Å². The van der Waals surface area contributed by atoms with E-state index >= 15 is 0 Å². The number of fused-ring (bicyclic) bond motifs is 5. The summed E-state index contributed by atoms with van der Waals surface area (Å²) in [4.78, 5) is 53.2. The number of hydrogen-bond donors (Lipinski definition) is 0. The van der Waals surface area contributed by atoms with E-state index in [1.54, 1.807) is 30.3 Å². The minimum Gasteiger partial charge on any atom is -0.456 e. The van der Waals surface area contributed by atoms with Crippen LogP contribution in [0.4, 0.5) is 0 Å². The Hall–Kier alpha value is -3.54. The third kappa shape index (κ3) is 3.45. The van der Waals surface area contributed by atoms with Gasteiger partial charge < -0.3 is 4.74 Å². The molecule has 3 aliphatic rings. The van der Waals surface area contributed by atoms with Gasteiger partial charge in [-0.05, 0) is 23.8 Å². The summed E-state index contributed by atoms with van der Waals surface area (Å²) in [6.45, 7) is -0.440. The molecule has 6 heteroatoms. The first kappa shape index (κ1) is 20.4. The molecule has 2 aliphatic carbocycles. The van der Waals surface area contributed by atoms with Gasteiger partial charge in [-0.3, -0.25) is 19.3 Å². The highest BCUT2D eigenvalue weighted by atomic mass is 16.5. The maximum atomic E-state index is 13.3. The summed E-state index contributed by atoms with van der Waals surface area (Å²) in [6.07, 6.45) is 5.01. The van der Waals surface area contributed by atoms with Gasteiger partial charge in [0.1, 0.15) is 6.04 Å². The Bertz CT molecular complexity index is 1060. The number of esters is 1. The van der Waals surface area contributed by atoms with Gasteiger partial charge in [0.2, 0.25) is 11.8 Å². The fraction of sp³-hybridized carbons (Fsp3) is 0.308. The molecule has 0 aromatic heterocycles. The Balaban J connectivity index is 1.37. The van der Waals surface area contributed by atoms with Crippen LogP contribution in [0, 0.1) is 23.7 Å². The highest BCUT2D eigenvalue weighted by Gasteiger charge is 2.61. The zero-order valence-electron chi connectivity index (χ0n) is 17.4. The molecule has 2 bridgehead atoms. The average molecular weight is 429 g/mol. The third-order valence-corrected chi connectivity index (χ3v) is 6.80. The summed E-state index contributed by atoms with van der Waals surface area (Å²) in [7, 11) is 0. The van der Waals surface area contributed by atoms with Gasteiger partial charge in [0.05, 0.1) is 11.8 Å². The average Bonchev–Trinajstić information content (AvgIpc) is 3.51. The molecular formula is C26H23NO5. The predicted molar refractivity (Wildman–Crippen MR) is 115 cm³/mol. The summed E-state index contributed by atoms with van der Waals surface area (Å²) in [5, 5.41) is 0. The predicted octanol–water partition coefficient (Wildman–Crippen LogP) is 2.83. The number of Topliss-reactive ketones (excluding diaryl/α,β-unsaturated/α-hetero) is 1. The number of hydrogen-bond acceptors (Lipinski definition) is 5. The van der Waals surface area contributed by atoms with Gasteiger partial charge in [-0.1, -0.05) is 72.8 Å². The molecule has 5 rings (SSSR count). The third-order valence-electron chi connectivity index (χ3n) is 6.80. The van der Waals surface area contributed by atoms with E-state index in [-0.39, 0.29) is 35.9 Å². The number of carbonyl (C=O) groups is 4. The topological polar surface area (TPSA) is 80.8 Å². The Morgan fingerprint density at radius 1 is 0.875 bits per heavy atom. The van der Waals surface area contributed by atoms with E-state index in [1.807, 2.05) is 42.5 Å². The monoisotopic (exact) mass is 429 g/mol. The van der Waals surface area contributed by atoms with Gasteiger partial charge in [0.15, 0.2) is 12.4 Å². The number of ketones is 1. The quantitative estimate of drug-likeness (QED) is 0.293. The minimum atomic E-state index is -1.09. The van der Waals surface area contributed by atoms with Crippen LogP contribution in [-0.2, 0) is 25.5 Å². The van der Waals surface area contributed by atoms with Crippen molar-refractivity contribution < 1.29 is 23.9 Å². The molecule has 1 saturated heterocycles. The number of benzene rings is 2. The molecule has 0 N–H and O–H groups in total. The fourth-order valence-corrected chi connectivity index (χ4v) is 5.29. The molecule has 2 aromatic rings. The lowest BCUT2D eigenvalue weighted by Crippen LogP contribution is -2.48. The first-order valence-electron chi connectivity index (χ1n) is 10.9. The summed E-state index contributed by atoms with van der Waals surface area (Å²) >= 11 is 0. The molecule has 1 heterocycles. The van der Waals surface area contributed by atoms with Crippen LogP contribution in [0.2, 0.25) is 0 Å². The van der Waals surface area contributed by atoms with Crippen LogP contribution in [0.15, 0.2) is 72.8 Å². The van der Waals surface area contributed by atoms with Crippen LogP contribution in [0.5, 0.6) is 0 Å². The molecule has 2 aromatic carbocycles. The molecule has 0 radical (unpaired) electrons. The molecule has 2 fully saturated rings. The first-order valence-corrected chi connectivity index (χ1v) is 10.9. The molecule has 162 valence electrons. The lowest BCUT2D eigenvalue weighted by atomic mass is 9.85. The normalized spacial score (nSPS) is 26.3. The fourth-order valence-electron chi connectivity index (χ4n) is 5.29. The van der Waals surface area contributed by atoms with Gasteiger partial charge in [-0.15, -0.1) is 0 Å². The van der Waals surface area contributed by atoms with Gasteiger partial charge in [-0.25, -0.2) is 4.79 Å². The SMILES string of the molecule is O=C(COC(=O)[C@@H](Cc1ccccc1)N1C(=O)[C@@H]2[C@@H](C1=O)[C@H]1C=C[C@@H]2C1)c1ccccc1. The number of allylic oxidation sites excluding steroid dienone is 2. The molecule has 2 amide bonds. The Kier molecular flexibility index (Phi) is 5.21. The smallest absolute Gasteiger partial charge is 0.330 e. The lowest BCUT2D eigenvalue weighted by Gasteiger charge is -2.26. The summed E-state index contributed by atoms with van der Waals surface area (Å²) < 4.78 is 5.34. The van der Waals surface area contributed by atoms with E-state index in [0.29, 0.717) is 5.56 Å². The van der Waals surface area contributed by atoms with E-state index < -0.39 is 30.5 Å². The molecule has 0 spiro atoms. The second kappa shape index (κ2) is 8.19. The Morgan fingerprint density at radius 2 is 1.44 bits per heavy atom. The number of ether oxygens (including phenoxy) is 1. The van der Waals surface area contributed by atoms with Gasteiger partial charge >= 0.3 is 5.97 Å². The molecule has 0 unspecified atom stereocenters. The van der Waals surface area contributed by atoms with E-state index in [4.69, 9.17) is 4.74 Å². The van der Waals surface area contributed by atoms with Crippen LogP contribution in [0.25, 0.3) is 0 Å². The number of imide groups is 1. The largest absolute Gasteiger partial charge is 0.456 e. The standard InChI is InChI=1S/C26H23NO5/c28-21(17-9-5-2-6-10-17)15-32-26(31)20(13-16-7-3-1-4-8-16)27-24(29)22-18-11-12-19(14-18)23(22)25(27)30/h1-12,18-20,22-23H,13-15H2/t18-,19+,20-,22+,23+/m1/s1. The highest BCUT2D eigenvalue weighted by Crippen LogP contribution is 2.53. The Labute approximate surface area is 185 Å². The first-order chi connectivity index (χ1) is 15.5. The van der Waals surface area contributed by atoms with Crippen molar-refractivity contribution in [1.82, 2.24) is 4.90 Å². The van der Waals surface area contributed by atoms with E-state index in [1.165, 1.54) is 0 Å². The maximum Gasteiger partial charge on any atom is 0.330 e. The maximum absolute atomic E-state index is 13.3. The Morgan fingerprint density at radius 3 is 2.03 bits per heavy atom. The van der Waals surface area contributed by atoms with Crippen molar-refractivity contribution in [3.8, 4) is 0 Å². The number of carbonyl (C=O) groups excluding carboxylic acids is 4. The second-order valence-electron chi connectivity index (χ2n) is 8.65. The number of likely N-dealkylation sites (tertiary alicyclic amines) is 1. The molecule has 6 nitrogen and oxygen atoms in total. The van der Waals surface area contributed by atoms with Crippen molar-refractivity contribution in [2.75, 3.05) is 6.61 Å². The summed E-state index contributed by atoms with van der Waals surface area (Å²) in [5.41, 5.74) is 1.24. The zero-order valence-corrected chi connectivity index (χ0v) is 17.4. The number of amides is 2. The van der Waals surface area contributed by atoms with Gasteiger partial charge in [-0.2, -0.15) is 0 Å². The highest BCUT2D eigenvalue weighted by molar-refractivity contribution is 6.09.